The number of carboxylic acid groups (broad SMARTS) is 1. The molecular weight excluding hydrogens is 248 g/mol. The minimum Gasteiger partial charge on any atom is -0.491 e. The third-order valence-corrected chi connectivity index (χ3v) is 2.26. The number of β-amino-alcohol motifs (C(OH)–C–C–N with tert-alkyl or cyclic N) is 1. The number of aromatic nitrogens is 1. The number of nitrogens with zero attached hydrogens (tertiary/aromatic N) is 1. The van der Waals surface area contributed by atoms with E-state index >= 15 is 0 Å². The number of aromatic carboxylic acids is 1. The van der Waals surface area contributed by atoms with Gasteiger partial charge in [-0.15, -0.1) is 0 Å². The number of hydrogen-bond acceptors (Lipinski definition) is 5. The Kier molecular flexibility index (Phi) is 5.26. The molecule has 0 spiro atoms. The van der Waals surface area contributed by atoms with Gasteiger partial charge in [-0.2, -0.15) is 0 Å². The number of hydrogen-bond donors (Lipinski definition) is 3. The molecule has 0 fully saturated rings. The quantitative estimate of drug-likeness (QED) is 0.710. The number of carboxylic acids is 1. The van der Waals surface area contributed by atoms with Gasteiger partial charge in [0, 0.05) is 24.3 Å². The molecular formula is C13H20N2O4. The summed E-state index contributed by atoms with van der Waals surface area (Å²) in [5.74, 6) is -0.734. The Hall–Kier alpha value is -1.66. The Morgan fingerprint density at radius 2 is 2.21 bits per heavy atom. The van der Waals surface area contributed by atoms with Crippen molar-refractivity contribution in [3.05, 3.63) is 24.0 Å². The normalized spacial score (nSPS) is 13.1. The Balaban J connectivity index is 2.44. The Labute approximate surface area is 112 Å². The van der Waals surface area contributed by atoms with Crippen molar-refractivity contribution in [2.75, 3.05) is 13.2 Å². The fraction of sp³-hybridized carbons (Fsp3) is 0.538. The van der Waals surface area contributed by atoms with Crippen LogP contribution in [0.5, 0.6) is 5.75 Å². The lowest BCUT2D eigenvalue weighted by molar-refractivity contribution is 0.0689. The largest absolute Gasteiger partial charge is 0.491 e. The van der Waals surface area contributed by atoms with Crippen molar-refractivity contribution in [2.45, 2.75) is 32.4 Å². The number of aliphatic hydroxyl groups excluding tert-OH is 1. The lowest BCUT2D eigenvalue weighted by Gasteiger charge is -2.22. The minimum absolute atomic E-state index is 0.0753. The number of rotatable bonds is 6. The predicted molar refractivity (Wildman–Crippen MR) is 70.5 cm³/mol. The zero-order valence-electron chi connectivity index (χ0n) is 11.4. The van der Waals surface area contributed by atoms with Crippen LogP contribution >= 0.6 is 0 Å². The fourth-order valence-corrected chi connectivity index (χ4v) is 1.29. The zero-order valence-corrected chi connectivity index (χ0v) is 11.4. The molecule has 6 heteroatoms. The summed E-state index contributed by atoms with van der Waals surface area (Å²) in [6.45, 7) is 6.50. The van der Waals surface area contributed by atoms with E-state index in [4.69, 9.17) is 9.84 Å². The van der Waals surface area contributed by atoms with Crippen LogP contribution in [-0.2, 0) is 0 Å². The van der Waals surface area contributed by atoms with E-state index in [0.717, 1.165) is 0 Å². The molecule has 0 aromatic carbocycles. The first kappa shape index (κ1) is 15.4. The van der Waals surface area contributed by atoms with E-state index in [1.165, 1.54) is 12.3 Å². The smallest absolute Gasteiger partial charge is 0.354 e. The summed E-state index contributed by atoms with van der Waals surface area (Å²) in [6, 6.07) is 2.88. The molecule has 0 aliphatic heterocycles. The molecule has 1 rings (SSSR count). The number of pyridine rings is 1. The number of aliphatic hydroxyl groups is 1. The molecule has 0 saturated carbocycles. The van der Waals surface area contributed by atoms with Gasteiger partial charge in [0.2, 0.25) is 0 Å². The van der Waals surface area contributed by atoms with Crippen molar-refractivity contribution >= 4 is 5.97 Å². The van der Waals surface area contributed by atoms with Crippen LogP contribution in [0, 0.1) is 0 Å². The monoisotopic (exact) mass is 268 g/mol. The number of nitrogens with one attached hydrogen (secondary N) is 1. The maximum atomic E-state index is 10.7. The molecule has 0 bridgehead atoms. The summed E-state index contributed by atoms with van der Waals surface area (Å²) < 4.78 is 5.33. The first-order chi connectivity index (χ1) is 8.78. The average Bonchev–Trinajstić information content (AvgIpc) is 2.33. The zero-order chi connectivity index (χ0) is 14.5. The summed E-state index contributed by atoms with van der Waals surface area (Å²) >= 11 is 0. The first-order valence-electron chi connectivity index (χ1n) is 6.03. The molecule has 0 aliphatic carbocycles. The van der Waals surface area contributed by atoms with E-state index in [-0.39, 0.29) is 17.8 Å². The van der Waals surface area contributed by atoms with E-state index in [9.17, 15) is 9.90 Å². The van der Waals surface area contributed by atoms with Gasteiger partial charge < -0.3 is 20.3 Å². The molecule has 1 atom stereocenters. The summed E-state index contributed by atoms with van der Waals surface area (Å²) in [6.07, 6.45) is 0.694. The first-order valence-corrected chi connectivity index (χ1v) is 6.03. The second-order valence-electron chi connectivity index (χ2n) is 5.28. The lowest BCUT2D eigenvalue weighted by atomic mass is 10.1. The molecule has 3 N–H and O–H groups in total. The SMILES string of the molecule is CC(C)(C)NCC(O)COc1ccnc(C(=O)O)c1. The molecule has 1 aromatic heterocycles. The number of carbonyl (C=O) groups is 1. The van der Waals surface area contributed by atoms with Crippen molar-refractivity contribution < 1.29 is 19.7 Å². The number of ether oxygens (including phenoxy) is 1. The molecule has 1 unspecified atom stereocenters. The Bertz CT molecular complexity index is 429. The molecule has 0 amide bonds. The van der Waals surface area contributed by atoms with E-state index in [2.05, 4.69) is 10.3 Å². The molecule has 0 aliphatic rings. The minimum atomic E-state index is -1.11. The van der Waals surface area contributed by atoms with E-state index < -0.39 is 12.1 Å². The molecule has 0 radical (unpaired) electrons. The van der Waals surface area contributed by atoms with Gasteiger partial charge >= 0.3 is 5.97 Å². The van der Waals surface area contributed by atoms with Crippen LogP contribution in [0.15, 0.2) is 18.3 Å². The Morgan fingerprint density at radius 3 is 2.79 bits per heavy atom. The average molecular weight is 268 g/mol. The van der Waals surface area contributed by atoms with Gasteiger partial charge in [0.1, 0.15) is 18.5 Å². The second-order valence-corrected chi connectivity index (χ2v) is 5.28. The van der Waals surface area contributed by atoms with Crippen molar-refractivity contribution in [3.63, 3.8) is 0 Å². The highest BCUT2D eigenvalue weighted by molar-refractivity contribution is 5.85. The highest BCUT2D eigenvalue weighted by Gasteiger charge is 2.13. The van der Waals surface area contributed by atoms with Crippen LogP contribution in [0.3, 0.4) is 0 Å². The molecule has 0 saturated heterocycles. The second kappa shape index (κ2) is 6.49. The molecule has 19 heavy (non-hydrogen) atoms. The van der Waals surface area contributed by atoms with Gasteiger partial charge in [0.05, 0.1) is 0 Å². The molecule has 6 nitrogen and oxygen atoms in total. The van der Waals surface area contributed by atoms with Gasteiger partial charge in [-0.05, 0) is 26.8 Å². The van der Waals surface area contributed by atoms with Gasteiger partial charge in [-0.25, -0.2) is 9.78 Å². The van der Waals surface area contributed by atoms with Gasteiger partial charge in [0.15, 0.2) is 5.69 Å². The van der Waals surface area contributed by atoms with Crippen molar-refractivity contribution in [3.8, 4) is 5.75 Å². The summed E-state index contributed by atoms with van der Waals surface area (Å²) in [4.78, 5) is 14.4. The van der Waals surface area contributed by atoms with Crippen LogP contribution in [-0.4, -0.2) is 46.0 Å². The van der Waals surface area contributed by atoms with Gasteiger partial charge in [0.25, 0.3) is 0 Å². The van der Waals surface area contributed by atoms with Crippen molar-refractivity contribution in [1.82, 2.24) is 10.3 Å². The van der Waals surface area contributed by atoms with Crippen LogP contribution in [0.4, 0.5) is 0 Å². The summed E-state index contributed by atoms with van der Waals surface area (Å²) in [5.41, 5.74) is -0.159. The summed E-state index contributed by atoms with van der Waals surface area (Å²) in [7, 11) is 0. The highest BCUT2D eigenvalue weighted by atomic mass is 16.5. The van der Waals surface area contributed by atoms with E-state index in [1.54, 1.807) is 6.07 Å². The van der Waals surface area contributed by atoms with Crippen molar-refractivity contribution in [1.29, 1.82) is 0 Å². The maximum absolute atomic E-state index is 10.7. The van der Waals surface area contributed by atoms with Gasteiger partial charge in [-0.3, -0.25) is 0 Å². The van der Waals surface area contributed by atoms with Crippen LogP contribution in [0.1, 0.15) is 31.3 Å². The molecule has 1 heterocycles. The van der Waals surface area contributed by atoms with Crippen LogP contribution in [0.25, 0.3) is 0 Å². The highest BCUT2D eigenvalue weighted by Crippen LogP contribution is 2.11. The fourth-order valence-electron chi connectivity index (χ4n) is 1.29. The van der Waals surface area contributed by atoms with E-state index in [1.807, 2.05) is 20.8 Å². The van der Waals surface area contributed by atoms with Crippen LogP contribution in [0.2, 0.25) is 0 Å². The van der Waals surface area contributed by atoms with Crippen LogP contribution < -0.4 is 10.1 Å². The Morgan fingerprint density at radius 1 is 1.53 bits per heavy atom. The third kappa shape index (κ3) is 6.17. The lowest BCUT2D eigenvalue weighted by Crippen LogP contribution is -2.42. The van der Waals surface area contributed by atoms with E-state index in [0.29, 0.717) is 12.3 Å². The van der Waals surface area contributed by atoms with Crippen molar-refractivity contribution in [2.24, 2.45) is 0 Å². The standard InChI is InChI=1S/C13H20N2O4/c1-13(2,3)15-7-9(16)8-19-10-4-5-14-11(6-10)12(17)18/h4-6,9,15-16H,7-8H2,1-3H3,(H,17,18). The van der Waals surface area contributed by atoms with Gasteiger partial charge in [-0.1, -0.05) is 0 Å². The molecule has 106 valence electrons. The molecule has 1 aromatic rings. The predicted octanol–water partition coefficient (Wildman–Crippen LogP) is 0.908. The third-order valence-electron chi connectivity index (χ3n) is 2.26. The topological polar surface area (TPSA) is 91.7 Å². The maximum Gasteiger partial charge on any atom is 0.354 e. The summed E-state index contributed by atoms with van der Waals surface area (Å²) in [5, 5.41) is 21.7.